The lowest BCUT2D eigenvalue weighted by Crippen LogP contribution is -2.51. The molecule has 2 amide bonds. The van der Waals surface area contributed by atoms with E-state index in [2.05, 4.69) is 26.4 Å². The zero-order valence-electron chi connectivity index (χ0n) is 17.2. The largest absolute Gasteiger partial charge is 0.271 e. The number of nitrogens with one attached hydrogen (secondary N) is 2. The van der Waals surface area contributed by atoms with Gasteiger partial charge in [-0.2, -0.15) is 4.31 Å². The summed E-state index contributed by atoms with van der Waals surface area (Å²) in [6.07, 6.45) is 2.34. The van der Waals surface area contributed by atoms with Crippen molar-refractivity contribution in [3.8, 4) is 5.69 Å². The quantitative estimate of drug-likeness (QED) is 0.537. The maximum Gasteiger partial charge on any atom is 0.269 e. The van der Waals surface area contributed by atoms with Gasteiger partial charge in [0.25, 0.3) is 11.8 Å². The number of benzene rings is 2. The van der Waals surface area contributed by atoms with E-state index in [4.69, 9.17) is 0 Å². The van der Waals surface area contributed by atoms with Gasteiger partial charge in [0.05, 0.1) is 10.6 Å². The Labute approximate surface area is 184 Å². The molecule has 0 radical (unpaired) electrons. The number of carbonyl (C=O) groups is 2. The lowest BCUT2D eigenvalue weighted by molar-refractivity contribution is -0.125. The molecule has 0 aliphatic carbocycles. The number of hydrazine groups is 1. The Morgan fingerprint density at radius 3 is 2.41 bits per heavy atom. The van der Waals surface area contributed by atoms with Crippen LogP contribution >= 0.6 is 0 Å². The number of rotatable bonds is 5. The Hall–Kier alpha value is -3.64. The van der Waals surface area contributed by atoms with Gasteiger partial charge >= 0.3 is 0 Å². The van der Waals surface area contributed by atoms with Crippen molar-refractivity contribution in [3.63, 3.8) is 0 Å². The molecule has 166 valence electrons. The Kier molecular flexibility index (Phi) is 5.97. The van der Waals surface area contributed by atoms with Gasteiger partial charge in [0.15, 0.2) is 0 Å². The van der Waals surface area contributed by atoms with E-state index in [1.54, 1.807) is 36.4 Å². The van der Waals surface area contributed by atoms with E-state index in [0.717, 1.165) is 5.56 Å². The minimum absolute atomic E-state index is 0.134. The maximum atomic E-state index is 13.0. The van der Waals surface area contributed by atoms with Gasteiger partial charge in [0.1, 0.15) is 12.4 Å². The van der Waals surface area contributed by atoms with Gasteiger partial charge in [-0.15, -0.1) is 5.10 Å². The normalized spacial score (nSPS) is 16.6. The number of sulfonamides is 1. The van der Waals surface area contributed by atoms with Crippen molar-refractivity contribution in [2.45, 2.75) is 30.7 Å². The second-order valence-corrected chi connectivity index (χ2v) is 9.22. The van der Waals surface area contributed by atoms with E-state index >= 15 is 0 Å². The van der Waals surface area contributed by atoms with Gasteiger partial charge in [0, 0.05) is 12.1 Å². The molecule has 2 heterocycles. The first-order chi connectivity index (χ1) is 15.4. The molecule has 1 aliphatic heterocycles. The number of aromatic nitrogens is 4. The zero-order valence-corrected chi connectivity index (χ0v) is 18.0. The molecule has 0 bridgehead atoms. The van der Waals surface area contributed by atoms with E-state index in [1.807, 2.05) is 6.92 Å². The van der Waals surface area contributed by atoms with E-state index in [0.29, 0.717) is 24.1 Å². The Morgan fingerprint density at radius 1 is 1.03 bits per heavy atom. The molecule has 11 nitrogen and oxygen atoms in total. The first-order valence-electron chi connectivity index (χ1n) is 9.88. The maximum absolute atomic E-state index is 13.0. The molecule has 2 aromatic carbocycles. The van der Waals surface area contributed by atoms with Crippen LogP contribution in [0, 0.1) is 6.92 Å². The van der Waals surface area contributed by atoms with Crippen molar-refractivity contribution in [2.24, 2.45) is 0 Å². The Balaban J connectivity index is 1.39. The topological polar surface area (TPSA) is 139 Å². The second-order valence-electron chi connectivity index (χ2n) is 7.33. The highest BCUT2D eigenvalue weighted by molar-refractivity contribution is 7.89. The van der Waals surface area contributed by atoms with Crippen molar-refractivity contribution >= 4 is 21.8 Å². The summed E-state index contributed by atoms with van der Waals surface area (Å²) in [6, 6.07) is 12.0. The van der Waals surface area contributed by atoms with Gasteiger partial charge in [-0.1, -0.05) is 17.7 Å². The third-order valence-electron chi connectivity index (χ3n) is 5.18. The van der Waals surface area contributed by atoms with Gasteiger partial charge in [-0.05, 0) is 66.6 Å². The first-order valence-corrected chi connectivity index (χ1v) is 11.3. The third-order valence-corrected chi connectivity index (χ3v) is 7.10. The third kappa shape index (κ3) is 4.36. The highest BCUT2D eigenvalue weighted by Crippen LogP contribution is 2.26. The predicted molar refractivity (Wildman–Crippen MR) is 113 cm³/mol. The van der Waals surface area contributed by atoms with E-state index in [1.165, 1.54) is 27.4 Å². The standard InChI is InChI=1S/C20H21N7O4S/c1-14-4-10-17(11-5-14)32(30,31)27-12-2-3-18(27)20(29)23-22-19(28)15-6-8-16(9-7-15)26-13-21-24-25-26/h4-11,13,18H,2-3,12H2,1H3,(H,22,28)(H,23,29). The number of hydrogen-bond donors (Lipinski definition) is 2. The predicted octanol–water partition coefficient (Wildman–Crippen LogP) is 0.585. The van der Waals surface area contributed by atoms with Crippen LogP contribution in [0.5, 0.6) is 0 Å². The van der Waals surface area contributed by atoms with Crippen LogP contribution in [0.3, 0.4) is 0 Å². The summed E-state index contributed by atoms with van der Waals surface area (Å²) < 4.78 is 28.6. The molecular weight excluding hydrogens is 434 g/mol. The Bertz CT molecular complexity index is 1210. The first kappa shape index (κ1) is 21.6. The lowest BCUT2D eigenvalue weighted by atomic mass is 10.2. The molecule has 1 saturated heterocycles. The van der Waals surface area contributed by atoms with Crippen LogP contribution in [0.4, 0.5) is 0 Å². The summed E-state index contributed by atoms with van der Waals surface area (Å²) in [6.45, 7) is 2.10. The molecule has 32 heavy (non-hydrogen) atoms. The summed E-state index contributed by atoms with van der Waals surface area (Å²) in [7, 11) is -3.83. The molecule has 2 N–H and O–H groups in total. The molecule has 3 aromatic rings. The number of hydrogen-bond acceptors (Lipinski definition) is 7. The van der Waals surface area contributed by atoms with Gasteiger partial charge in [-0.25, -0.2) is 13.1 Å². The minimum Gasteiger partial charge on any atom is -0.271 e. The number of tetrazole rings is 1. The molecule has 1 atom stereocenters. The van der Waals surface area contributed by atoms with Crippen LogP contribution < -0.4 is 10.9 Å². The van der Waals surface area contributed by atoms with Crippen molar-refractivity contribution in [1.29, 1.82) is 0 Å². The summed E-state index contributed by atoms with van der Waals surface area (Å²) >= 11 is 0. The number of nitrogens with zero attached hydrogens (tertiary/aromatic N) is 5. The second kappa shape index (κ2) is 8.85. The summed E-state index contributed by atoms with van der Waals surface area (Å²) in [4.78, 5) is 25.2. The Morgan fingerprint density at radius 2 is 1.75 bits per heavy atom. The highest BCUT2D eigenvalue weighted by Gasteiger charge is 2.39. The van der Waals surface area contributed by atoms with Crippen LogP contribution in [0.15, 0.2) is 59.8 Å². The molecule has 1 aromatic heterocycles. The van der Waals surface area contributed by atoms with E-state index < -0.39 is 27.9 Å². The molecule has 1 aliphatic rings. The molecule has 1 fully saturated rings. The van der Waals surface area contributed by atoms with Crippen LogP contribution in [-0.2, 0) is 14.8 Å². The monoisotopic (exact) mass is 455 g/mol. The van der Waals surface area contributed by atoms with Crippen molar-refractivity contribution in [1.82, 2.24) is 35.4 Å². The SMILES string of the molecule is Cc1ccc(S(=O)(=O)N2CCCC2C(=O)NNC(=O)c2ccc(-n3cnnn3)cc2)cc1. The van der Waals surface area contributed by atoms with Crippen molar-refractivity contribution in [2.75, 3.05) is 6.54 Å². The number of aryl methyl sites for hydroxylation is 1. The van der Waals surface area contributed by atoms with Crippen molar-refractivity contribution < 1.29 is 18.0 Å². The number of amides is 2. The molecule has 0 saturated carbocycles. The molecule has 1 unspecified atom stereocenters. The zero-order chi connectivity index (χ0) is 22.7. The molecular formula is C20H21N7O4S. The molecule has 12 heteroatoms. The summed E-state index contributed by atoms with van der Waals surface area (Å²) in [5.74, 6) is -1.12. The van der Waals surface area contributed by atoms with Gasteiger partial charge in [0.2, 0.25) is 10.0 Å². The summed E-state index contributed by atoms with van der Waals surface area (Å²) in [5, 5.41) is 10.9. The lowest BCUT2D eigenvalue weighted by Gasteiger charge is -2.23. The van der Waals surface area contributed by atoms with Crippen LogP contribution in [0.1, 0.15) is 28.8 Å². The van der Waals surface area contributed by atoms with E-state index in [-0.39, 0.29) is 11.4 Å². The highest BCUT2D eigenvalue weighted by atomic mass is 32.2. The fourth-order valence-corrected chi connectivity index (χ4v) is 5.11. The van der Waals surface area contributed by atoms with Crippen LogP contribution in [0.2, 0.25) is 0 Å². The fourth-order valence-electron chi connectivity index (χ4n) is 3.45. The van der Waals surface area contributed by atoms with Crippen LogP contribution in [-0.4, -0.2) is 57.3 Å². The molecule has 4 rings (SSSR count). The minimum atomic E-state index is -3.83. The van der Waals surface area contributed by atoms with Gasteiger partial charge in [-0.3, -0.25) is 20.4 Å². The van der Waals surface area contributed by atoms with E-state index in [9.17, 15) is 18.0 Å². The van der Waals surface area contributed by atoms with Gasteiger partial charge < -0.3 is 0 Å². The number of carbonyl (C=O) groups excluding carboxylic acids is 2. The summed E-state index contributed by atoms with van der Waals surface area (Å²) in [5.41, 5.74) is 6.59. The molecule has 0 spiro atoms. The smallest absolute Gasteiger partial charge is 0.269 e. The average Bonchev–Trinajstić information content (AvgIpc) is 3.50. The average molecular weight is 456 g/mol. The van der Waals surface area contributed by atoms with Crippen LogP contribution in [0.25, 0.3) is 5.69 Å². The fraction of sp³-hybridized carbons (Fsp3) is 0.250. The van der Waals surface area contributed by atoms with Crippen molar-refractivity contribution in [3.05, 3.63) is 66.0 Å².